The normalized spacial score (nSPS) is 10.0. The number of carbonyl (C=O) groups excluding carboxylic acids is 1. The molecule has 1 aromatic carbocycles. The Morgan fingerprint density at radius 2 is 2.05 bits per heavy atom. The van der Waals surface area contributed by atoms with Crippen molar-refractivity contribution in [2.45, 2.75) is 6.92 Å². The van der Waals surface area contributed by atoms with Crippen LogP contribution in [-0.4, -0.2) is 22.8 Å². The molecule has 108 valence electrons. The summed E-state index contributed by atoms with van der Waals surface area (Å²) in [5.74, 6) is 0.469. The van der Waals surface area contributed by atoms with Gasteiger partial charge in [0.25, 0.3) is 0 Å². The number of ketones is 1. The molecule has 0 fully saturated rings. The number of nitro benzene ring substituents is 1. The fourth-order valence-electron chi connectivity index (χ4n) is 1.62. The summed E-state index contributed by atoms with van der Waals surface area (Å²) >= 11 is 0. The van der Waals surface area contributed by atoms with Gasteiger partial charge in [-0.1, -0.05) is 0 Å². The molecule has 0 aliphatic heterocycles. The lowest BCUT2D eigenvalue weighted by Crippen LogP contribution is -1.97. The average Bonchev–Trinajstić information content (AvgIpc) is 2.47. The van der Waals surface area contributed by atoms with Crippen molar-refractivity contribution in [3.05, 3.63) is 52.2 Å². The smallest absolute Gasteiger partial charge is 0.311 e. The minimum Gasteiger partial charge on any atom is -0.497 e. The van der Waals surface area contributed by atoms with Gasteiger partial charge < -0.3 is 9.47 Å². The van der Waals surface area contributed by atoms with Gasteiger partial charge in [0.05, 0.1) is 12.0 Å². The number of rotatable bonds is 5. The summed E-state index contributed by atoms with van der Waals surface area (Å²) in [5.41, 5.74) is 0.232. The predicted octanol–water partition coefficient (Wildman–Crippen LogP) is 2.99. The molecular weight excluding hydrogens is 276 g/mol. The number of hydrogen-bond acceptors (Lipinski definition) is 6. The summed E-state index contributed by atoms with van der Waals surface area (Å²) in [5, 5.41) is 11.0. The number of Topliss-reactive ketones (excluding diaryl/α,β-unsaturated/α-hetero) is 1. The van der Waals surface area contributed by atoms with Gasteiger partial charge >= 0.3 is 5.69 Å². The fraction of sp³-hybridized carbons (Fsp3) is 0.143. The van der Waals surface area contributed by atoms with Crippen molar-refractivity contribution in [1.29, 1.82) is 0 Å². The maximum absolute atomic E-state index is 11.2. The minimum absolute atomic E-state index is 0.0161. The average molecular weight is 288 g/mol. The molecule has 2 aromatic rings. The third-order valence-corrected chi connectivity index (χ3v) is 2.72. The zero-order chi connectivity index (χ0) is 15.4. The van der Waals surface area contributed by atoms with Crippen molar-refractivity contribution in [2.75, 3.05) is 7.11 Å². The molecule has 0 unspecified atom stereocenters. The molecule has 0 saturated carbocycles. The number of nitro groups is 1. The Balaban J connectivity index is 2.33. The second-order valence-corrected chi connectivity index (χ2v) is 4.13. The van der Waals surface area contributed by atoms with Crippen LogP contribution in [0.4, 0.5) is 5.69 Å². The van der Waals surface area contributed by atoms with E-state index in [0.29, 0.717) is 11.3 Å². The number of carbonyl (C=O) groups is 1. The first-order valence-corrected chi connectivity index (χ1v) is 5.98. The predicted molar refractivity (Wildman–Crippen MR) is 74.0 cm³/mol. The van der Waals surface area contributed by atoms with Crippen LogP contribution in [0.3, 0.4) is 0 Å². The van der Waals surface area contributed by atoms with Gasteiger partial charge in [-0.3, -0.25) is 14.9 Å². The molecule has 0 radical (unpaired) electrons. The van der Waals surface area contributed by atoms with Crippen LogP contribution in [0, 0.1) is 10.1 Å². The van der Waals surface area contributed by atoms with Gasteiger partial charge in [0.1, 0.15) is 5.75 Å². The van der Waals surface area contributed by atoms with Crippen LogP contribution >= 0.6 is 0 Å². The van der Waals surface area contributed by atoms with Crippen molar-refractivity contribution in [1.82, 2.24) is 4.98 Å². The van der Waals surface area contributed by atoms with E-state index in [1.54, 1.807) is 0 Å². The second-order valence-electron chi connectivity index (χ2n) is 4.13. The highest BCUT2D eigenvalue weighted by Crippen LogP contribution is 2.33. The summed E-state index contributed by atoms with van der Waals surface area (Å²) in [7, 11) is 1.45. The Labute approximate surface area is 120 Å². The molecular formula is C14H12N2O5. The fourth-order valence-corrected chi connectivity index (χ4v) is 1.62. The zero-order valence-electron chi connectivity index (χ0n) is 11.4. The molecule has 1 heterocycles. The van der Waals surface area contributed by atoms with Crippen LogP contribution in [0.15, 0.2) is 36.5 Å². The number of benzene rings is 1. The lowest BCUT2D eigenvalue weighted by molar-refractivity contribution is -0.385. The van der Waals surface area contributed by atoms with Gasteiger partial charge in [0.2, 0.25) is 11.6 Å². The number of pyridine rings is 1. The van der Waals surface area contributed by atoms with Crippen LogP contribution in [0.1, 0.15) is 17.3 Å². The van der Waals surface area contributed by atoms with E-state index < -0.39 is 4.92 Å². The largest absolute Gasteiger partial charge is 0.497 e. The molecule has 21 heavy (non-hydrogen) atoms. The monoisotopic (exact) mass is 288 g/mol. The number of methoxy groups -OCH3 is 1. The first kappa shape index (κ1) is 14.4. The van der Waals surface area contributed by atoms with Crippen LogP contribution in [0.5, 0.6) is 17.4 Å². The van der Waals surface area contributed by atoms with Crippen LogP contribution in [0.2, 0.25) is 0 Å². The first-order valence-electron chi connectivity index (χ1n) is 5.98. The molecule has 7 nitrogen and oxygen atoms in total. The molecule has 0 N–H and O–H groups in total. The third kappa shape index (κ3) is 3.33. The van der Waals surface area contributed by atoms with Gasteiger partial charge in [-0.2, -0.15) is 0 Å². The number of ether oxygens (including phenoxy) is 2. The van der Waals surface area contributed by atoms with Crippen molar-refractivity contribution in [3.8, 4) is 17.4 Å². The SMILES string of the molecule is COc1ccc([N+](=O)[O-])c(Oc2ccc(C(C)=O)cn2)c1. The van der Waals surface area contributed by atoms with Crippen molar-refractivity contribution in [3.63, 3.8) is 0 Å². The maximum atomic E-state index is 11.2. The van der Waals surface area contributed by atoms with E-state index in [4.69, 9.17) is 9.47 Å². The molecule has 0 spiro atoms. The zero-order valence-corrected chi connectivity index (χ0v) is 11.4. The Kier molecular flexibility index (Phi) is 4.13. The highest BCUT2D eigenvalue weighted by molar-refractivity contribution is 5.93. The Morgan fingerprint density at radius 3 is 2.57 bits per heavy atom. The van der Waals surface area contributed by atoms with Gasteiger partial charge in [-0.15, -0.1) is 0 Å². The molecule has 0 atom stereocenters. The maximum Gasteiger partial charge on any atom is 0.311 e. The lowest BCUT2D eigenvalue weighted by Gasteiger charge is -2.07. The van der Waals surface area contributed by atoms with E-state index >= 15 is 0 Å². The summed E-state index contributed by atoms with van der Waals surface area (Å²) in [6, 6.07) is 7.17. The van der Waals surface area contributed by atoms with E-state index in [0.717, 1.165) is 0 Å². The second kappa shape index (κ2) is 6.00. The molecule has 0 aliphatic rings. The van der Waals surface area contributed by atoms with Crippen LogP contribution in [0.25, 0.3) is 0 Å². The van der Waals surface area contributed by atoms with Crippen LogP contribution in [-0.2, 0) is 0 Å². The number of aromatic nitrogens is 1. The number of hydrogen-bond donors (Lipinski definition) is 0. The quantitative estimate of drug-likeness (QED) is 0.477. The summed E-state index contributed by atoms with van der Waals surface area (Å²) in [4.78, 5) is 25.5. The molecule has 2 rings (SSSR count). The number of nitrogens with zero attached hydrogens (tertiary/aromatic N) is 2. The topological polar surface area (TPSA) is 91.6 Å². The highest BCUT2D eigenvalue weighted by atomic mass is 16.6. The molecule has 1 aromatic heterocycles. The van der Waals surface area contributed by atoms with E-state index in [1.807, 2.05) is 0 Å². The van der Waals surface area contributed by atoms with Crippen LogP contribution < -0.4 is 9.47 Å². The van der Waals surface area contributed by atoms with Gasteiger partial charge in [-0.25, -0.2) is 4.98 Å². The standard InChI is InChI=1S/C14H12N2O5/c1-9(17)10-3-6-14(15-8-10)21-13-7-11(20-2)4-5-12(13)16(18)19/h3-8H,1-2H3. The molecule has 0 saturated heterocycles. The molecule has 0 bridgehead atoms. The van der Waals surface area contributed by atoms with Crippen molar-refractivity contribution in [2.24, 2.45) is 0 Å². The molecule has 0 aliphatic carbocycles. The van der Waals surface area contributed by atoms with Crippen molar-refractivity contribution >= 4 is 11.5 Å². The first-order chi connectivity index (χ1) is 10.0. The van der Waals surface area contributed by atoms with E-state index in [2.05, 4.69) is 4.98 Å². The Morgan fingerprint density at radius 1 is 1.29 bits per heavy atom. The van der Waals surface area contributed by atoms with E-state index in [9.17, 15) is 14.9 Å². The lowest BCUT2D eigenvalue weighted by atomic mass is 10.2. The van der Waals surface area contributed by atoms with Crippen molar-refractivity contribution < 1.29 is 19.2 Å². The summed E-state index contributed by atoms with van der Waals surface area (Å²) < 4.78 is 10.4. The third-order valence-electron chi connectivity index (χ3n) is 2.72. The molecule has 0 amide bonds. The molecule has 7 heteroatoms. The van der Waals surface area contributed by atoms with E-state index in [1.165, 1.54) is 50.6 Å². The Bertz CT molecular complexity index is 682. The minimum atomic E-state index is -0.557. The highest BCUT2D eigenvalue weighted by Gasteiger charge is 2.17. The summed E-state index contributed by atoms with van der Waals surface area (Å²) in [6.45, 7) is 1.42. The van der Waals surface area contributed by atoms with Gasteiger partial charge in [-0.05, 0) is 19.1 Å². The Hall–Kier alpha value is -2.96. The van der Waals surface area contributed by atoms with Gasteiger partial charge in [0, 0.05) is 30.0 Å². The summed E-state index contributed by atoms with van der Waals surface area (Å²) in [6.07, 6.45) is 1.35. The van der Waals surface area contributed by atoms with Gasteiger partial charge in [0.15, 0.2) is 5.78 Å². The van der Waals surface area contributed by atoms with E-state index in [-0.39, 0.29) is 23.1 Å².